The van der Waals surface area contributed by atoms with Crippen molar-refractivity contribution in [1.82, 2.24) is 15.1 Å². The fourth-order valence-corrected chi connectivity index (χ4v) is 5.30. The lowest BCUT2D eigenvalue weighted by atomic mass is 10.2. The minimum Gasteiger partial charge on any atom is -0.352 e. The van der Waals surface area contributed by atoms with Crippen LogP contribution in [0.4, 0.5) is 0 Å². The SMILES string of the molecule is N#Cc1ccccc1Sc1ccccc1C(=O)NCCCCN1CCN(Cc2ccccc2)CC1. The number of nitrogens with one attached hydrogen (secondary N) is 1. The molecule has 0 radical (unpaired) electrons. The summed E-state index contributed by atoms with van der Waals surface area (Å²) in [5, 5.41) is 12.4. The Morgan fingerprint density at radius 1 is 0.829 bits per heavy atom. The monoisotopic (exact) mass is 484 g/mol. The van der Waals surface area contributed by atoms with E-state index in [0.717, 1.165) is 61.9 Å². The van der Waals surface area contributed by atoms with Gasteiger partial charge in [-0.2, -0.15) is 5.26 Å². The molecular formula is C29H32N4OS. The van der Waals surface area contributed by atoms with Gasteiger partial charge in [-0.3, -0.25) is 9.69 Å². The van der Waals surface area contributed by atoms with Crippen molar-refractivity contribution in [2.45, 2.75) is 29.2 Å². The average molecular weight is 485 g/mol. The molecule has 0 aliphatic carbocycles. The number of carbonyl (C=O) groups excluding carboxylic acids is 1. The predicted octanol–water partition coefficient (Wildman–Crippen LogP) is 5.04. The van der Waals surface area contributed by atoms with Gasteiger partial charge in [-0.1, -0.05) is 66.4 Å². The largest absolute Gasteiger partial charge is 0.352 e. The summed E-state index contributed by atoms with van der Waals surface area (Å²) in [6, 6.07) is 28.0. The van der Waals surface area contributed by atoms with Gasteiger partial charge in [0.2, 0.25) is 0 Å². The highest BCUT2D eigenvalue weighted by atomic mass is 32.2. The van der Waals surface area contributed by atoms with Crippen LogP contribution >= 0.6 is 11.8 Å². The Morgan fingerprint density at radius 2 is 1.49 bits per heavy atom. The molecule has 0 saturated carbocycles. The maximum absolute atomic E-state index is 12.9. The van der Waals surface area contributed by atoms with Crippen molar-refractivity contribution in [2.75, 3.05) is 39.3 Å². The van der Waals surface area contributed by atoms with E-state index in [4.69, 9.17) is 0 Å². The van der Waals surface area contributed by atoms with Crippen LogP contribution in [0.25, 0.3) is 0 Å². The highest BCUT2D eigenvalue weighted by molar-refractivity contribution is 7.99. The number of nitriles is 1. The third kappa shape index (κ3) is 7.43. The minimum atomic E-state index is -0.0583. The number of hydrogen-bond donors (Lipinski definition) is 1. The summed E-state index contributed by atoms with van der Waals surface area (Å²) < 4.78 is 0. The highest BCUT2D eigenvalue weighted by Crippen LogP contribution is 2.32. The molecule has 1 N–H and O–H groups in total. The molecule has 5 nitrogen and oxygen atoms in total. The number of unbranched alkanes of at least 4 members (excludes halogenated alkanes) is 1. The third-order valence-corrected chi connectivity index (χ3v) is 7.41. The van der Waals surface area contributed by atoms with Crippen molar-refractivity contribution < 1.29 is 4.79 Å². The van der Waals surface area contributed by atoms with Gasteiger partial charge in [0.1, 0.15) is 6.07 Å². The normalized spacial score (nSPS) is 14.4. The lowest BCUT2D eigenvalue weighted by Crippen LogP contribution is -2.46. The summed E-state index contributed by atoms with van der Waals surface area (Å²) in [5.74, 6) is -0.0583. The molecule has 6 heteroatoms. The van der Waals surface area contributed by atoms with Crippen LogP contribution in [-0.2, 0) is 6.54 Å². The molecule has 4 rings (SSSR count). The average Bonchev–Trinajstić information content (AvgIpc) is 2.90. The Hall–Kier alpha value is -3.11. The minimum absolute atomic E-state index is 0.0583. The molecule has 1 aliphatic heterocycles. The first-order valence-corrected chi connectivity index (χ1v) is 13.1. The molecule has 1 aliphatic rings. The number of rotatable bonds is 10. The first-order valence-electron chi connectivity index (χ1n) is 12.3. The van der Waals surface area contributed by atoms with Crippen molar-refractivity contribution in [3.8, 4) is 6.07 Å². The van der Waals surface area contributed by atoms with Gasteiger partial charge in [0.05, 0.1) is 11.1 Å². The first-order chi connectivity index (χ1) is 17.2. The van der Waals surface area contributed by atoms with Crippen LogP contribution in [0.15, 0.2) is 88.7 Å². The van der Waals surface area contributed by atoms with Gasteiger partial charge in [0.25, 0.3) is 5.91 Å². The lowest BCUT2D eigenvalue weighted by Gasteiger charge is -2.34. The van der Waals surface area contributed by atoms with E-state index in [-0.39, 0.29) is 5.91 Å². The van der Waals surface area contributed by atoms with Crippen LogP contribution in [-0.4, -0.2) is 55.0 Å². The Labute approximate surface area is 212 Å². The summed E-state index contributed by atoms with van der Waals surface area (Å²) in [4.78, 5) is 19.6. The van der Waals surface area contributed by atoms with Crippen LogP contribution < -0.4 is 5.32 Å². The standard InChI is InChI=1S/C29H32N4OS/c30-22-25-12-4-6-14-27(25)35-28-15-7-5-13-26(28)29(34)31-16-8-9-17-32-18-20-33(21-19-32)23-24-10-2-1-3-11-24/h1-7,10-15H,8-9,16-21,23H2,(H,31,34). The number of nitrogens with zero attached hydrogens (tertiary/aromatic N) is 3. The van der Waals surface area contributed by atoms with Crippen molar-refractivity contribution in [2.24, 2.45) is 0 Å². The number of piperazine rings is 1. The van der Waals surface area contributed by atoms with E-state index in [0.29, 0.717) is 17.7 Å². The molecule has 0 atom stereocenters. The molecule has 1 heterocycles. The van der Waals surface area contributed by atoms with Gasteiger partial charge in [-0.15, -0.1) is 0 Å². The van der Waals surface area contributed by atoms with Crippen LogP contribution in [0.1, 0.15) is 34.3 Å². The van der Waals surface area contributed by atoms with Gasteiger partial charge in [-0.05, 0) is 49.2 Å². The summed E-state index contributed by atoms with van der Waals surface area (Å²) in [6.07, 6.45) is 2.04. The fourth-order valence-electron chi connectivity index (χ4n) is 4.28. The van der Waals surface area contributed by atoms with E-state index in [1.54, 1.807) is 6.07 Å². The topological polar surface area (TPSA) is 59.4 Å². The summed E-state index contributed by atoms with van der Waals surface area (Å²) in [7, 11) is 0. The quantitative estimate of drug-likeness (QED) is 0.409. The lowest BCUT2D eigenvalue weighted by molar-refractivity contribution is 0.0948. The molecule has 0 aromatic heterocycles. The summed E-state index contributed by atoms with van der Waals surface area (Å²) in [5.41, 5.74) is 2.65. The zero-order chi connectivity index (χ0) is 24.3. The summed E-state index contributed by atoms with van der Waals surface area (Å²) in [6.45, 7) is 7.20. The van der Waals surface area contributed by atoms with Crippen molar-refractivity contribution in [3.63, 3.8) is 0 Å². The molecule has 180 valence electrons. The number of amides is 1. The molecule has 1 saturated heterocycles. The molecular weight excluding hydrogens is 452 g/mol. The van der Waals surface area contributed by atoms with Crippen molar-refractivity contribution in [3.05, 3.63) is 95.6 Å². The second-order valence-corrected chi connectivity index (χ2v) is 9.86. The fraction of sp³-hybridized carbons (Fsp3) is 0.310. The van der Waals surface area contributed by atoms with E-state index in [1.165, 1.54) is 17.3 Å². The Kier molecular flexibility index (Phi) is 9.36. The molecule has 35 heavy (non-hydrogen) atoms. The van der Waals surface area contributed by atoms with Crippen LogP contribution in [0, 0.1) is 11.3 Å². The van der Waals surface area contributed by atoms with E-state index in [9.17, 15) is 10.1 Å². The Morgan fingerprint density at radius 3 is 2.26 bits per heavy atom. The Balaban J connectivity index is 1.17. The predicted molar refractivity (Wildman–Crippen MR) is 141 cm³/mol. The van der Waals surface area contributed by atoms with Crippen LogP contribution in [0.3, 0.4) is 0 Å². The van der Waals surface area contributed by atoms with Crippen LogP contribution in [0.5, 0.6) is 0 Å². The first kappa shape index (κ1) is 25.0. The molecule has 1 fully saturated rings. The summed E-state index contributed by atoms with van der Waals surface area (Å²) >= 11 is 1.46. The van der Waals surface area contributed by atoms with Gasteiger partial charge in [0, 0.05) is 49.1 Å². The second-order valence-electron chi connectivity index (χ2n) is 8.77. The zero-order valence-corrected chi connectivity index (χ0v) is 20.8. The van der Waals surface area contributed by atoms with Crippen LogP contribution in [0.2, 0.25) is 0 Å². The van der Waals surface area contributed by atoms with Gasteiger partial charge in [-0.25, -0.2) is 0 Å². The van der Waals surface area contributed by atoms with E-state index in [2.05, 4.69) is 51.5 Å². The van der Waals surface area contributed by atoms with E-state index in [1.807, 2.05) is 42.5 Å². The Bertz CT molecular complexity index is 1140. The molecule has 3 aromatic carbocycles. The molecule has 0 bridgehead atoms. The zero-order valence-electron chi connectivity index (χ0n) is 20.0. The van der Waals surface area contributed by atoms with Crippen molar-refractivity contribution >= 4 is 17.7 Å². The van der Waals surface area contributed by atoms with Gasteiger partial charge >= 0.3 is 0 Å². The van der Waals surface area contributed by atoms with E-state index >= 15 is 0 Å². The molecule has 1 amide bonds. The van der Waals surface area contributed by atoms with Gasteiger partial charge in [0.15, 0.2) is 0 Å². The second kappa shape index (κ2) is 13.1. The van der Waals surface area contributed by atoms with Gasteiger partial charge < -0.3 is 10.2 Å². The number of hydrogen-bond acceptors (Lipinski definition) is 5. The van der Waals surface area contributed by atoms with E-state index < -0.39 is 0 Å². The smallest absolute Gasteiger partial charge is 0.252 e. The maximum atomic E-state index is 12.9. The molecule has 0 unspecified atom stereocenters. The van der Waals surface area contributed by atoms with Crippen molar-refractivity contribution in [1.29, 1.82) is 5.26 Å². The molecule has 3 aromatic rings. The number of carbonyl (C=O) groups is 1. The highest BCUT2D eigenvalue weighted by Gasteiger charge is 2.17. The number of benzene rings is 3. The third-order valence-electron chi connectivity index (χ3n) is 6.26. The maximum Gasteiger partial charge on any atom is 0.252 e. The molecule has 0 spiro atoms.